The predicted octanol–water partition coefficient (Wildman–Crippen LogP) is 2.67. The first-order valence-electron chi connectivity index (χ1n) is 7.11. The zero-order valence-electron chi connectivity index (χ0n) is 12.5. The molecule has 3 rings (SSSR count). The summed E-state index contributed by atoms with van der Waals surface area (Å²) in [7, 11) is -1.64. The normalized spacial score (nSPS) is 32.9. The quantitative estimate of drug-likeness (QED) is 0.738. The molecule has 0 aromatic rings. The second-order valence-electron chi connectivity index (χ2n) is 7.38. The molecule has 18 heavy (non-hydrogen) atoms. The summed E-state index contributed by atoms with van der Waals surface area (Å²) < 4.78 is 6.31. The van der Waals surface area contributed by atoms with E-state index in [1.165, 1.54) is 0 Å². The van der Waals surface area contributed by atoms with Crippen LogP contribution in [0.3, 0.4) is 0 Å². The van der Waals surface area contributed by atoms with E-state index in [0.717, 1.165) is 26.0 Å². The molecule has 3 aliphatic heterocycles. The summed E-state index contributed by atoms with van der Waals surface area (Å²) in [6.45, 7) is 14.0. The Morgan fingerprint density at radius 1 is 1.39 bits per heavy atom. The van der Waals surface area contributed by atoms with Crippen LogP contribution in [-0.2, 0) is 9.22 Å². The Morgan fingerprint density at radius 2 is 2.06 bits per heavy atom. The molecule has 3 atom stereocenters. The van der Waals surface area contributed by atoms with Gasteiger partial charge in [-0.3, -0.25) is 9.69 Å². The van der Waals surface area contributed by atoms with Crippen molar-refractivity contribution < 1.29 is 9.22 Å². The molecule has 3 saturated heterocycles. The first kappa shape index (κ1) is 14.2. The number of hydrogen-bond acceptors (Lipinski definition) is 3. The van der Waals surface area contributed by atoms with Crippen LogP contribution in [-0.4, -0.2) is 44.7 Å². The highest BCUT2D eigenvalue weighted by atomic mass is 28.4. The van der Waals surface area contributed by atoms with E-state index in [0.29, 0.717) is 24.3 Å². The molecule has 0 radical (unpaired) electrons. The van der Waals surface area contributed by atoms with Crippen molar-refractivity contribution in [2.75, 3.05) is 19.7 Å². The van der Waals surface area contributed by atoms with Gasteiger partial charge in [0.1, 0.15) is 5.78 Å². The number of carbonyl (C=O) groups is 1. The Labute approximate surface area is 112 Å². The molecule has 0 aromatic heterocycles. The number of hydrogen-bond donors (Lipinski definition) is 0. The minimum atomic E-state index is -1.64. The molecule has 4 heteroatoms. The first-order chi connectivity index (χ1) is 8.21. The highest BCUT2D eigenvalue weighted by molar-refractivity contribution is 6.74. The van der Waals surface area contributed by atoms with Crippen LogP contribution in [0.25, 0.3) is 0 Å². The molecule has 3 nitrogen and oxygen atoms in total. The Morgan fingerprint density at radius 3 is 2.50 bits per heavy atom. The third-order valence-electron chi connectivity index (χ3n) is 5.09. The van der Waals surface area contributed by atoms with Crippen molar-refractivity contribution in [1.29, 1.82) is 0 Å². The summed E-state index contributed by atoms with van der Waals surface area (Å²) in [5.41, 5.74) is 0. The third kappa shape index (κ3) is 2.70. The molecule has 0 aromatic carbocycles. The monoisotopic (exact) mass is 269 g/mol. The maximum Gasteiger partial charge on any atom is 0.192 e. The average molecular weight is 269 g/mol. The fourth-order valence-corrected chi connectivity index (χ4v) is 3.67. The predicted molar refractivity (Wildman–Crippen MR) is 76.2 cm³/mol. The molecule has 0 amide bonds. The van der Waals surface area contributed by atoms with Crippen LogP contribution in [0.4, 0.5) is 0 Å². The lowest BCUT2D eigenvalue weighted by atomic mass is 9.83. The van der Waals surface area contributed by atoms with Crippen LogP contribution in [0, 0.1) is 5.92 Å². The molecule has 0 N–H and O–H groups in total. The van der Waals surface area contributed by atoms with Crippen LogP contribution < -0.4 is 0 Å². The van der Waals surface area contributed by atoms with E-state index in [4.69, 9.17) is 4.43 Å². The standard InChI is InChI=1S/C14H27NO2Si/c1-14(2,3)18(4,5)17-10-12-8-11-6-7-15(12)9-13(11)16/h11-12H,6-10H2,1-5H3/t11-,12-/m0/s1. The van der Waals surface area contributed by atoms with Gasteiger partial charge in [-0.05, 0) is 37.5 Å². The van der Waals surface area contributed by atoms with Gasteiger partial charge in [0, 0.05) is 18.6 Å². The van der Waals surface area contributed by atoms with Gasteiger partial charge in [-0.15, -0.1) is 0 Å². The van der Waals surface area contributed by atoms with Crippen molar-refractivity contribution in [3.05, 3.63) is 0 Å². The molecule has 104 valence electrons. The Hall–Kier alpha value is -0.193. The summed E-state index contributed by atoms with van der Waals surface area (Å²) in [5.74, 6) is 0.771. The van der Waals surface area contributed by atoms with Gasteiger partial charge in [-0.25, -0.2) is 0 Å². The fraction of sp³-hybridized carbons (Fsp3) is 0.929. The number of ketones is 1. The van der Waals surface area contributed by atoms with Gasteiger partial charge in [0.2, 0.25) is 0 Å². The zero-order valence-corrected chi connectivity index (χ0v) is 13.5. The largest absolute Gasteiger partial charge is 0.415 e. The van der Waals surface area contributed by atoms with E-state index < -0.39 is 8.32 Å². The SMILES string of the molecule is CC(C)(C)[Si](C)(C)OC[C@@H]1C[C@@H]2CCN1CC2=O. The van der Waals surface area contributed by atoms with Gasteiger partial charge in [-0.2, -0.15) is 0 Å². The number of carbonyl (C=O) groups excluding carboxylic acids is 1. The Kier molecular flexibility index (Phi) is 3.73. The maximum absolute atomic E-state index is 11.7. The Bertz CT molecular complexity index is 335. The van der Waals surface area contributed by atoms with Crippen molar-refractivity contribution in [2.45, 2.75) is 57.8 Å². The van der Waals surface area contributed by atoms with Gasteiger partial charge in [-0.1, -0.05) is 20.8 Å². The van der Waals surface area contributed by atoms with E-state index >= 15 is 0 Å². The second kappa shape index (κ2) is 4.73. The third-order valence-corrected chi connectivity index (χ3v) is 9.60. The average Bonchev–Trinajstić information content (AvgIpc) is 2.26. The minimum Gasteiger partial charge on any atom is -0.415 e. The van der Waals surface area contributed by atoms with Gasteiger partial charge >= 0.3 is 0 Å². The molecular weight excluding hydrogens is 242 g/mol. The molecule has 3 aliphatic rings. The number of nitrogens with zero attached hydrogens (tertiary/aromatic N) is 1. The van der Waals surface area contributed by atoms with Gasteiger partial charge in [0.25, 0.3) is 0 Å². The van der Waals surface area contributed by atoms with E-state index in [1.807, 2.05) is 0 Å². The lowest BCUT2D eigenvalue weighted by Crippen LogP contribution is -2.56. The van der Waals surface area contributed by atoms with Crippen LogP contribution >= 0.6 is 0 Å². The van der Waals surface area contributed by atoms with Crippen molar-refractivity contribution >= 4 is 14.1 Å². The molecular formula is C14H27NO2Si. The summed E-state index contributed by atoms with van der Waals surface area (Å²) >= 11 is 0. The summed E-state index contributed by atoms with van der Waals surface area (Å²) in [5, 5.41) is 0.270. The molecule has 0 saturated carbocycles. The van der Waals surface area contributed by atoms with Crippen LogP contribution in [0.2, 0.25) is 18.1 Å². The molecule has 1 unspecified atom stereocenters. The van der Waals surface area contributed by atoms with Crippen LogP contribution in [0.5, 0.6) is 0 Å². The van der Waals surface area contributed by atoms with Crippen molar-refractivity contribution in [1.82, 2.24) is 4.90 Å². The zero-order chi connectivity index (χ0) is 13.6. The van der Waals surface area contributed by atoms with Crippen molar-refractivity contribution in [3.8, 4) is 0 Å². The molecule has 3 fully saturated rings. The molecule has 2 bridgehead atoms. The van der Waals surface area contributed by atoms with Gasteiger partial charge < -0.3 is 4.43 Å². The topological polar surface area (TPSA) is 29.5 Å². The smallest absolute Gasteiger partial charge is 0.192 e. The van der Waals surface area contributed by atoms with E-state index in [9.17, 15) is 4.79 Å². The number of rotatable bonds is 3. The minimum absolute atomic E-state index is 0.270. The van der Waals surface area contributed by atoms with Crippen molar-refractivity contribution in [2.24, 2.45) is 5.92 Å². The molecule has 0 spiro atoms. The molecule has 0 aliphatic carbocycles. The maximum atomic E-state index is 11.7. The van der Waals surface area contributed by atoms with Crippen molar-refractivity contribution in [3.63, 3.8) is 0 Å². The second-order valence-corrected chi connectivity index (χ2v) is 12.2. The van der Waals surface area contributed by atoms with E-state index in [2.05, 4.69) is 38.8 Å². The number of Topliss-reactive ketones (excluding diaryl/α,β-unsaturated/α-hetero) is 1. The first-order valence-corrected chi connectivity index (χ1v) is 10.0. The van der Waals surface area contributed by atoms with Gasteiger partial charge in [0.15, 0.2) is 8.32 Å². The van der Waals surface area contributed by atoms with Gasteiger partial charge in [0.05, 0.1) is 6.54 Å². The van der Waals surface area contributed by atoms with E-state index in [-0.39, 0.29) is 5.04 Å². The summed E-state index contributed by atoms with van der Waals surface area (Å²) in [4.78, 5) is 14.0. The molecule has 3 heterocycles. The van der Waals surface area contributed by atoms with Crippen LogP contribution in [0.15, 0.2) is 0 Å². The van der Waals surface area contributed by atoms with E-state index in [1.54, 1.807) is 0 Å². The summed E-state index contributed by atoms with van der Waals surface area (Å²) in [6, 6.07) is 0.482. The lowest BCUT2D eigenvalue weighted by Gasteiger charge is -2.46. The summed E-state index contributed by atoms with van der Waals surface area (Å²) in [6.07, 6.45) is 2.09. The highest BCUT2D eigenvalue weighted by Crippen LogP contribution is 2.37. The highest BCUT2D eigenvalue weighted by Gasteiger charge is 2.42. The Balaban J connectivity index is 1.91. The fourth-order valence-electron chi connectivity index (χ4n) is 2.62. The lowest BCUT2D eigenvalue weighted by molar-refractivity contribution is -0.134. The van der Waals surface area contributed by atoms with Crippen LogP contribution in [0.1, 0.15) is 33.6 Å². The number of piperidine rings is 3. The number of fused-ring (bicyclic) bond motifs is 3.